The zero-order valence-corrected chi connectivity index (χ0v) is 18.1. The van der Waals surface area contributed by atoms with Gasteiger partial charge in [-0.05, 0) is 47.6 Å². The Kier molecular flexibility index (Phi) is 39.1. The average molecular weight is 445 g/mol. The predicted octanol–water partition coefficient (Wildman–Crippen LogP) is 9.90. The highest BCUT2D eigenvalue weighted by Crippen LogP contribution is 2.15. The molecule has 0 bridgehead atoms. The molecule has 0 fully saturated rings. The molecule has 0 saturated carbocycles. The van der Waals surface area contributed by atoms with E-state index in [2.05, 4.69) is 81.8 Å². The summed E-state index contributed by atoms with van der Waals surface area (Å²) < 4.78 is 0. The summed E-state index contributed by atoms with van der Waals surface area (Å²) in [7, 11) is 0. The molecule has 0 aliphatic heterocycles. The van der Waals surface area contributed by atoms with Gasteiger partial charge in [0.25, 0.3) is 0 Å². The Balaban J connectivity index is -0.0000000901. The molecule has 0 radical (unpaired) electrons. The first-order valence-corrected chi connectivity index (χ1v) is 12.1. The van der Waals surface area contributed by atoms with Gasteiger partial charge in [0.1, 0.15) is 0 Å². The van der Waals surface area contributed by atoms with E-state index in [0.29, 0.717) is 0 Å². The third-order valence-electron chi connectivity index (χ3n) is 2.71. The summed E-state index contributed by atoms with van der Waals surface area (Å²) in [5.74, 6) is 4.44. The number of hydrogen-bond acceptors (Lipinski definition) is 3. The SMILES string of the molecule is C.C.C.C.CCSc1ccccc1.CSCC(C)C.CSCc1ccccc1. The van der Waals surface area contributed by atoms with Gasteiger partial charge in [-0.1, -0.05) is 99.0 Å². The highest BCUT2D eigenvalue weighted by Gasteiger charge is 1.86. The molecule has 2 rings (SSSR count). The molecule has 2 aromatic carbocycles. The van der Waals surface area contributed by atoms with Crippen molar-refractivity contribution >= 4 is 35.3 Å². The fourth-order valence-corrected chi connectivity index (χ4v) is 3.63. The van der Waals surface area contributed by atoms with Crippen LogP contribution in [0.1, 0.15) is 56.0 Å². The fourth-order valence-electron chi connectivity index (χ4n) is 1.76. The van der Waals surface area contributed by atoms with Gasteiger partial charge in [0.15, 0.2) is 0 Å². The Labute approximate surface area is 192 Å². The van der Waals surface area contributed by atoms with E-state index in [1.807, 2.05) is 47.4 Å². The van der Waals surface area contributed by atoms with Crippen LogP contribution < -0.4 is 0 Å². The monoisotopic (exact) mass is 444 g/mol. The minimum absolute atomic E-state index is 0. The second kappa shape index (κ2) is 28.7. The van der Waals surface area contributed by atoms with Crippen LogP contribution in [-0.4, -0.2) is 24.0 Å². The Morgan fingerprint density at radius 1 is 0.714 bits per heavy atom. The third-order valence-corrected chi connectivity index (χ3v) is 5.22. The molecule has 2 aromatic rings. The molecule has 3 heteroatoms. The second-order valence-corrected chi connectivity index (χ2v) is 8.63. The highest BCUT2D eigenvalue weighted by atomic mass is 32.2. The molecule has 0 saturated heterocycles. The van der Waals surface area contributed by atoms with Crippen LogP contribution in [0.15, 0.2) is 65.6 Å². The van der Waals surface area contributed by atoms with Crippen molar-refractivity contribution in [3.63, 3.8) is 0 Å². The van der Waals surface area contributed by atoms with Crippen LogP contribution in [0.25, 0.3) is 0 Å². The van der Waals surface area contributed by atoms with E-state index in [1.54, 1.807) is 0 Å². The molecule has 0 amide bonds. The van der Waals surface area contributed by atoms with Gasteiger partial charge in [-0.3, -0.25) is 0 Å². The largest absolute Gasteiger partial charge is 0.165 e. The van der Waals surface area contributed by atoms with E-state index in [9.17, 15) is 0 Å². The average Bonchev–Trinajstić information content (AvgIpc) is 2.58. The molecule has 0 atom stereocenters. The van der Waals surface area contributed by atoms with Gasteiger partial charge in [0.05, 0.1) is 0 Å². The summed E-state index contributed by atoms with van der Waals surface area (Å²) in [6.45, 7) is 6.63. The summed E-state index contributed by atoms with van der Waals surface area (Å²) >= 11 is 5.64. The van der Waals surface area contributed by atoms with E-state index < -0.39 is 0 Å². The molecule has 0 heterocycles. The smallest absolute Gasteiger partial charge is 0.0181 e. The van der Waals surface area contributed by atoms with Crippen LogP contribution in [0, 0.1) is 5.92 Å². The van der Waals surface area contributed by atoms with Crippen LogP contribution in [0.2, 0.25) is 0 Å². The van der Waals surface area contributed by atoms with Crippen LogP contribution in [0.5, 0.6) is 0 Å². The molecule has 0 aromatic heterocycles. The maximum atomic E-state index is 2.23. The number of benzene rings is 2. The lowest BCUT2D eigenvalue weighted by atomic mass is 10.2. The van der Waals surface area contributed by atoms with E-state index in [0.717, 1.165) is 17.4 Å². The van der Waals surface area contributed by atoms with E-state index in [1.165, 1.54) is 16.2 Å². The van der Waals surface area contributed by atoms with Crippen LogP contribution in [0.4, 0.5) is 0 Å². The van der Waals surface area contributed by atoms with E-state index in [-0.39, 0.29) is 29.7 Å². The van der Waals surface area contributed by atoms with Crippen LogP contribution in [-0.2, 0) is 5.75 Å². The molecule has 0 N–H and O–H groups in total. The molecule has 0 aliphatic carbocycles. The first-order valence-electron chi connectivity index (χ1n) is 8.33. The van der Waals surface area contributed by atoms with Gasteiger partial charge in [0.2, 0.25) is 0 Å². The quantitative estimate of drug-likeness (QED) is 0.407. The van der Waals surface area contributed by atoms with Gasteiger partial charge >= 0.3 is 0 Å². The van der Waals surface area contributed by atoms with E-state index in [4.69, 9.17) is 0 Å². The zero-order chi connectivity index (χ0) is 18.0. The zero-order valence-electron chi connectivity index (χ0n) is 15.7. The summed E-state index contributed by atoms with van der Waals surface area (Å²) in [6, 6.07) is 20.9. The van der Waals surface area contributed by atoms with Crippen LogP contribution in [0.3, 0.4) is 0 Å². The summed E-state index contributed by atoms with van der Waals surface area (Å²) in [6.07, 6.45) is 4.26. The lowest BCUT2D eigenvalue weighted by Crippen LogP contribution is -1.87. The Morgan fingerprint density at radius 3 is 1.50 bits per heavy atom. The van der Waals surface area contributed by atoms with Gasteiger partial charge < -0.3 is 0 Å². The molecular formula is C25H48S3. The van der Waals surface area contributed by atoms with Crippen molar-refractivity contribution in [1.29, 1.82) is 0 Å². The normalized spacial score (nSPS) is 8.21. The first-order chi connectivity index (χ1) is 11.6. The molecule has 0 spiro atoms. The van der Waals surface area contributed by atoms with Crippen molar-refractivity contribution in [3.8, 4) is 0 Å². The fraction of sp³-hybridized carbons (Fsp3) is 0.520. The first kappa shape index (κ1) is 38.1. The lowest BCUT2D eigenvalue weighted by molar-refractivity contribution is 0.751. The highest BCUT2D eigenvalue weighted by molar-refractivity contribution is 7.99. The van der Waals surface area contributed by atoms with Gasteiger partial charge in [-0.15, -0.1) is 11.8 Å². The van der Waals surface area contributed by atoms with Crippen LogP contribution >= 0.6 is 35.3 Å². The molecule has 28 heavy (non-hydrogen) atoms. The second-order valence-electron chi connectivity index (χ2n) is 5.51. The number of hydrogen-bond donors (Lipinski definition) is 0. The predicted molar refractivity (Wildman–Crippen MR) is 147 cm³/mol. The number of rotatable bonds is 6. The summed E-state index contributed by atoms with van der Waals surface area (Å²) in [5, 5.41) is 0. The third kappa shape index (κ3) is 25.5. The lowest BCUT2D eigenvalue weighted by Gasteiger charge is -1.95. The van der Waals surface area contributed by atoms with Gasteiger partial charge in [0, 0.05) is 10.6 Å². The van der Waals surface area contributed by atoms with Crippen molar-refractivity contribution in [2.75, 3.05) is 24.0 Å². The minimum atomic E-state index is 0. The molecule has 0 unspecified atom stereocenters. The Hall–Kier alpha value is -0.510. The molecule has 0 aliphatic rings. The van der Waals surface area contributed by atoms with Crippen molar-refractivity contribution in [1.82, 2.24) is 0 Å². The van der Waals surface area contributed by atoms with Crippen molar-refractivity contribution < 1.29 is 0 Å². The topological polar surface area (TPSA) is 0 Å². The Bertz CT molecular complexity index is 428. The summed E-state index contributed by atoms with van der Waals surface area (Å²) in [5.41, 5.74) is 1.41. The van der Waals surface area contributed by atoms with Gasteiger partial charge in [-0.2, -0.15) is 23.5 Å². The summed E-state index contributed by atoms with van der Waals surface area (Å²) in [4.78, 5) is 1.36. The van der Waals surface area contributed by atoms with Crippen molar-refractivity contribution in [2.45, 2.75) is 61.1 Å². The number of thioether (sulfide) groups is 3. The molecule has 0 nitrogen and oxygen atoms in total. The van der Waals surface area contributed by atoms with Gasteiger partial charge in [-0.25, -0.2) is 0 Å². The standard InChI is InChI=1S/2C8H10S.C5H12S.4CH4/c1-9-7-8-5-3-2-4-6-8;1-2-9-8-6-4-3-5-7-8;1-5(2)4-6-3;;;;/h2-6H,7H2,1H3;3-7H,2H2,1H3;5H,4H2,1-3H3;4*1H4. The minimum Gasteiger partial charge on any atom is -0.165 e. The maximum absolute atomic E-state index is 2.23. The van der Waals surface area contributed by atoms with Crippen molar-refractivity contribution in [3.05, 3.63) is 66.2 Å². The van der Waals surface area contributed by atoms with Crippen molar-refractivity contribution in [2.24, 2.45) is 5.92 Å². The molecule has 166 valence electrons. The van der Waals surface area contributed by atoms with E-state index >= 15 is 0 Å². The Morgan fingerprint density at radius 2 is 1.18 bits per heavy atom. The molecular weight excluding hydrogens is 396 g/mol. The maximum Gasteiger partial charge on any atom is 0.0181 e.